The smallest absolute Gasteiger partial charge is 0.164 e. The van der Waals surface area contributed by atoms with Gasteiger partial charge in [0.15, 0.2) is 17.5 Å². The summed E-state index contributed by atoms with van der Waals surface area (Å²) in [5, 5.41) is 5.98. The molecule has 4 nitrogen and oxygen atoms in total. The van der Waals surface area contributed by atoms with Gasteiger partial charge in [0.1, 0.15) is 11.3 Å². The van der Waals surface area contributed by atoms with Crippen molar-refractivity contribution in [2.24, 2.45) is 0 Å². The number of hydrogen-bond acceptors (Lipinski definition) is 4. The lowest BCUT2D eigenvalue weighted by molar-refractivity contribution is 0.545. The predicted octanol–water partition coefficient (Wildman–Crippen LogP) is 14.3. The molecule has 4 heteroatoms. The fraction of sp³-hybridized carbons (Fsp3) is 0.0702. The van der Waals surface area contributed by atoms with Gasteiger partial charge in [-0.3, -0.25) is 0 Å². The van der Waals surface area contributed by atoms with Crippen LogP contribution in [-0.2, 0) is 12.8 Å². The number of aryl methyl sites for hydroxylation is 1. The Morgan fingerprint density at radius 2 is 0.984 bits per heavy atom. The zero-order chi connectivity index (χ0) is 40.3. The topological polar surface area (TPSA) is 51.8 Å². The van der Waals surface area contributed by atoms with Crippen LogP contribution in [0.5, 0.6) is 0 Å². The highest BCUT2D eigenvalue weighted by atomic mass is 16.3. The van der Waals surface area contributed by atoms with E-state index in [1.807, 2.05) is 18.2 Å². The van der Waals surface area contributed by atoms with Crippen LogP contribution in [0.15, 0.2) is 192 Å². The number of benzene rings is 8. The van der Waals surface area contributed by atoms with Crippen molar-refractivity contribution >= 4 is 43.7 Å². The van der Waals surface area contributed by atoms with Crippen LogP contribution in [0.2, 0.25) is 0 Å². The first-order chi connectivity index (χ1) is 30.2. The Balaban J connectivity index is 0.943. The van der Waals surface area contributed by atoms with Crippen LogP contribution < -0.4 is 0 Å². The second-order valence-corrected chi connectivity index (χ2v) is 16.1. The van der Waals surface area contributed by atoms with E-state index in [0.717, 1.165) is 70.1 Å². The van der Waals surface area contributed by atoms with Crippen molar-refractivity contribution in [3.63, 3.8) is 0 Å². The molecule has 10 aromatic rings. The molecule has 2 aliphatic rings. The number of rotatable bonds is 6. The largest absolute Gasteiger partial charge is 0.460 e. The number of furan rings is 1. The lowest BCUT2D eigenvalue weighted by Gasteiger charge is -2.23. The lowest BCUT2D eigenvalue weighted by atomic mass is 9.81. The summed E-state index contributed by atoms with van der Waals surface area (Å²) < 4.78 is 6.80. The van der Waals surface area contributed by atoms with Crippen LogP contribution in [0.25, 0.3) is 88.7 Å². The maximum absolute atomic E-state index is 6.80. The predicted molar refractivity (Wildman–Crippen MR) is 250 cm³/mol. The fourth-order valence-electron chi connectivity index (χ4n) is 9.61. The van der Waals surface area contributed by atoms with Gasteiger partial charge in [-0.15, -0.1) is 0 Å². The summed E-state index contributed by atoms with van der Waals surface area (Å²) >= 11 is 0. The molecule has 2 aliphatic carbocycles. The molecule has 0 saturated carbocycles. The van der Waals surface area contributed by atoms with Crippen molar-refractivity contribution in [1.82, 2.24) is 15.0 Å². The molecule has 0 saturated heterocycles. The van der Waals surface area contributed by atoms with Gasteiger partial charge < -0.3 is 4.42 Å². The van der Waals surface area contributed by atoms with E-state index in [0.29, 0.717) is 17.5 Å². The average Bonchev–Trinajstić information content (AvgIpc) is 3.72. The highest BCUT2D eigenvalue weighted by Gasteiger charge is 2.27. The maximum Gasteiger partial charge on any atom is 0.164 e. The van der Waals surface area contributed by atoms with E-state index >= 15 is 0 Å². The minimum Gasteiger partial charge on any atom is -0.460 e. The van der Waals surface area contributed by atoms with Crippen molar-refractivity contribution in [3.8, 4) is 45.0 Å². The van der Waals surface area contributed by atoms with Crippen LogP contribution in [0.4, 0.5) is 0 Å². The number of fused-ring (bicyclic) bond motifs is 6. The van der Waals surface area contributed by atoms with Gasteiger partial charge in [-0.2, -0.15) is 0 Å². The first-order valence-corrected chi connectivity index (χ1v) is 21.2. The normalized spacial score (nSPS) is 13.5. The monoisotopic (exact) mass is 781 g/mol. The van der Waals surface area contributed by atoms with Crippen molar-refractivity contribution in [1.29, 1.82) is 0 Å². The third-order valence-corrected chi connectivity index (χ3v) is 12.5. The molecule has 2 aromatic heterocycles. The van der Waals surface area contributed by atoms with Gasteiger partial charge in [-0.1, -0.05) is 170 Å². The molecule has 8 aromatic carbocycles. The van der Waals surface area contributed by atoms with Crippen molar-refractivity contribution in [2.75, 3.05) is 0 Å². The van der Waals surface area contributed by atoms with Crippen molar-refractivity contribution < 1.29 is 4.42 Å². The molecule has 0 spiro atoms. The summed E-state index contributed by atoms with van der Waals surface area (Å²) in [6.45, 7) is 0. The van der Waals surface area contributed by atoms with Gasteiger partial charge in [-0.25, -0.2) is 15.0 Å². The van der Waals surface area contributed by atoms with Gasteiger partial charge in [0.25, 0.3) is 0 Å². The Morgan fingerprint density at radius 1 is 0.377 bits per heavy atom. The Morgan fingerprint density at radius 3 is 1.77 bits per heavy atom. The molecular formula is C57H39N3O. The molecule has 2 heterocycles. The van der Waals surface area contributed by atoms with E-state index in [1.165, 1.54) is 60.7 Å². The Hall–Kier alpha value is -7.69. The molecule has 0 N–H and O–H groups in total. The van der Waals surface area contributed by atoms with E-state index in [1.54, 1.807) is 0 Å². The summed E-state index contributed by atoms with van der Waals surface area (Å²) in [7, 11) is 0. The Kier molecular flexibility index (Phi) is 8.41. The van der Waals surface area contributed by atoms with Gasteiger partial charge in [0.2, 0.25) is 0 Å². The average molecular weight is 782 g/mol. The second kappa shape index (κ2) is 14.5. The van der Waals surface area contributed by atoms with Crippen LogP contribution >= 0.6 is 0 Å². The second-order valence-electron chi connectivity index (χ2n) is 16.1. The summed E-state index contributed by atoms with van der Waals surface area (Å²) in [6, 6.07) is 62.5. The number of allylic oxidation sites excluding steroid dienone is 2. The highest BCUT2D eigenvalue weighted by molar-refractivity contribution is 6.07. The fourth-order valence-corrected chi connectivity index (χ4v) is 9.61. The molecule has 61 heavy (non-hydrogen) atoms. The molecule has 0 amide bonds. The summed E-state index contributed by atoms with van der Waals surface area (Å²) in [6.07, 6.45) is 8.36. The maximum atomic E-state index is 6.80. The van der Waals surface area contributed by atoms with Gasteiger partial charge >= 0.3 is 0 Å². The molecular weight excluding hydrogens is 743 g/mol. The first kappa shape index (κ1) is 35.3. The van der Waals surface area contributed by atoms with Crippen LogP contribution in [0.3, 0.4) is 0 Å². The van der Waals surface area contributed by atoms with Gasteiger partial charge in [-0.05, 0) is 104 Å². The molecule has 0 atom stereocenters. The Bertz CT molecular complexity index is 3410. The molecule has 0 unspecified atom stereocenters. The molecule has 0 fully saturated rings. The minimum atomic E-state index is 0.668. The van der Waals surface area contributed by atoms with E-state index in [-0.39, 0.29) is 0 Å². The molecule has 0 aliphatic heterocycles. The number of aromatic nitrogens is 3. The van der Waals surface area contributed by atoms with Crippen LogP contribution in [0.1, 0.15) is 46.7 Å². The zero-order valence-electron chi connectivity index (χ0n) is 33.5. The summed E-state index contributed by atoms with van der Waals surface area (Å²) in [5.41, 5.74) is 15.0. The standard InChI is InChI=1S/C57H39N3O/c1-3-15-37(16-4-1)42-32-33-43(45-21-10-9-20-44(42)45)40-30-31-51-53(35-40)61-52-27-13-25-49(54(51)52)47-23-11-24-48-46(47)22-12-26-50(48)57-59-55(38-17-5-2-6-18-38)58-56(60-57)41-29-28-36-14-7-8-19-39(36)34-41/h1-11,14-21,23-26,28-35H,12-13,22,27H2. The third kappa shape index (κ3) is 6.10. The first-order valence-electron chi connectivity index (χ1n) is 21.2. The van der Waals surface area contributed by atoms with E-state index < -0.39 is 0 Å². The van der Waals surface area contributed by atoms with Crippen molar-refractivity contribution in [2.45, 2.75) is 25.7 Å². The molecule has 0 bridgehead atoms. The highest BCUT2D eigenvalue weighted by Crippen LogP contribution is 2.45. The van der Waals surface area contributed by atoms with Crippen LogP contribution in [0, 0.1) is 0 Å². The minimum absolute atomic E-state index is 0.668. The van der Waals surface area contributed by atoms with E-state index in [2.05, 4.69) is 170 Å². The summed E-state index contributed by atoms with van der Waals surface area (Å²) in [5.74, 6) is 3.09. The van der Waals surface area contributed by atoms with Crippen molar-refractivity contribution in [3.05, 3.63) is 222 Å². The molecule has 288 valence electrons. The number of hydrogen-bond donors (Lipinski definition) is 0. The molecule has 0 radical (unpaired) electrons. The van der Waals surface area contributed by atoms with E-state index in [4.69, 9.17) is 19.4 Å². The van der Waals surface area contributed by atoms with Crippen LogP contribution in [-0.4, -0.2) is 15.0 Å². The van der Waals surface area contributed by atoms with E-state index in [9.17, 15) is 0 Å². The molecule has 12 rings (SSSR count). The quantitative estimate of drug-likeness (QED) is 0.169. The number of nitrogens with zero attached hydrogens (tertiary/aromatic N) is 3. The van der Waals surface area contributed by atoms with Gasteiger partial charge in [0, 0.05) is 34.1 Å². The third-order valence-electron chi connectivity index (χ3n) is 12.5. The lowest BCUT2D eigenvalue weighted by Crippen LogP contribution is -2.10. The summed E-state index contributed by atoms with van der Waals surface area (Å²) in [4.78, 5) is 15.5. The SMILES string of the molecule is C1=C(c2nc(-c3ccccc3)nc(-c3ccc4ccccc4c3)n2)c2cccc(C3=CCCc4oc5cc(-c6ccc(-c7ccccc7)c7ccccc67)ccc5c43)c2CC1. The zero-order valence-corrected chi connectivity index (χ0v) is 33.5. The Labute approximate surface area is 354 Å². The van der Waals surface area contributed by atoms with Gasteiger partial charge in [0.05, 0.1) is 0 Å².